The van der Waals surface area contributed by atoms with Crippen molar-refractivity contribution in [2.24, 2.45) is 5.10 Å². The first-order valence-electron chi connectivity index (χ1n) is 10.9. The number of nitrogens with zero attached hydrogens (tertiary/aromatic N) is 2. The van der Waals surface area contributed by atoms with E-state index in [-0.39, 0.29) is 11.6 Å². The number of hydrazone groups is 1. The molecule has 0 saturated heterocycles. The Kier molecular flexibility index (Phi) is 6.75. The lowest BCUT2D eigenvalue weighted by molar-refractivity contribution is -0.384. The number of nitro groups is 1. The quantitative estimate of drug-likeness (QED) is 0.131. The third-order valence-corrected chi connectivity index (χ3v) is 7.21. The topological polar surface area (TPSA) is 93.8 Å². The van der Waals surface area contributed by atoms with Crippen molar-refractivity contribution in [3.63, 3.8) is 0 Å². The summed E-state index contributed by atoms with van der Waals surface area (Å²) in [5.41, 5.74) is 4.33. The molecular formula is C27H18BrN3O4S. The summed E-state index contributed by atoms with van der Waals surface area (Å²) in [6.07, 6.45) is 1.54. The molecule has 178 valence electrons. The van der Waals surface area contributed by atoms with Gasteiger partial charge in [0.15, 0.2) is 0 Å². The molecule has 5 rings (SSSR count). The van der Waals surface area contributed by atoms with Gasteiger partial charge in [-0.25, -0.2) is 5.43 Å². The fraction of sp³-hybridized carbons (Fsp3) is 0.0370. The van der Waals surface area contributed by atoms with Gasteiger partial charge in [-0.2, -0.15) is 5.10 Å². The zero-order valence-corrected chi connectivity index (χ0v) is 21.1. The summed E-state index contributed by atoms with van der Waals surface area (Å²) in [6, 6.07) is 26.1. The highest BCUT2D eigenvalue weighted by atomic mass is 79.9. The van der Waals surface area contributed by atoms with E-state index in [4.69, 9.17) is 4.74 Å². The van der Waals surface area contributed by atoms with Gasteiger partial charge in [0.2, 0.25) is 0 Å². The molecule has 1 N–H and O–H groups in total. The molecule has 0 aliphatic carbocycles. The van der Waals surface area contributed by atoms with Gasteiger partial charge in [-0.05, 0) is 74.2 Å². The Hall–Kier alpha value is -4.08. The van der Waals surface area contributed by atoms with E-state index in [1.54, 1.807) is 12.1 Å². The van der Waals surface area contributed by atoms with Gasteiger partial charge in [0.05, 0.1) is 20.5 Å². The van der Waals surface area contributed by atoms with Crippen LogP contribution in [0.25, 0.3) is 20.9 Å². The first kappa shape index (κ1) is 23.7. The van der Waals surface area contributed by atoms with Crippen LogP contribution in [0.3, 0.4) is 0 Å². The second kappa shape index (κ2) is 10.3. The van der Waals surface area contributed by atoms with E-state index < -0.39 is 4.92 Å². The maximum atomic E-state index is 12.5. The second-order valence-corrected chi connectivity index (χ2v) is 9.89. The predicted molar refractivity (Wildman–Crippen MR) is 146 cm³/mol. The first-order valence-corrected chi connectivity index (χ1v) is 12.5. The van der Waals surface area contributed by atoms with E-state index in [2.05, 4.69) is 56.8 Å². The molecule has 0 aliphatic rings. The third kappa shape index (κ3) is 5.27. The SMILES string of the molecule is O=C(N/N=C\c1ccc(OCc2ccc3ccccc3c2)c(Br)c1)c1cc2cc([N+](=O)[O-])ccc2s1. The maximum absolute atomic E-state index is 12.5. The molecule has 0 atom stereocenters. The smallest absolute Gasteiger partial charge is 0.281 e. The van der Waals surface area contributed by atoms with Crippen LogP contribution in [0.2, 0.25) is 0 Å². The molecule has 7 nitrogen and oxygen atoms in total. The zero-order chi connectivity index (χ0) is 25.1. The molecular weight excluding hydrogens is 542 g/mol. The highest BCUT2D eigenvalue weighted by Crippen LogP contribution is 2.29. The average molecular weight is 560 g/mol. The number of nitro benzene ring substituents is 1. The lowest BCUT2D eigenvalue weighted by Crippen LogP contribution is -2.16. The number of hydrogen-bond acceptors (Lipinski definition) is 6. The number of hydrogen-bond donors (Lipinski definition) is 1. The van der Waals surface area contributed by atoms with Crippen molar-refractivity contribution in [3.05, 3.63) is 116 Å². The van der Waals surface area contributed by atoms with Crippen LogP contribution in [0.15, 0.2) is 94.5 Å². The van der Waals surface area contributed by atoms with Crippen molar-refractivity contribution >= 4 is 65.9 Å². The Balaban J connectivity index is 1.20. The standard InChI is InChI=1S/C27H18BrN3O4S/c28-23-12-17(6-9-24(23)35-16-18-5-7-19-3-1-2-4-20(19)11-18)15-29-30-27(32)26-14-21-13-22(31(33)34)8-10-25(21)36-26/h1-15H,16H2,(H,30,32)/b29-15-. The summed E-state index contributed by atoms with van der Waals surface area (Å²) in [5, 5.41) is 18.0. The zero-order valence-electron chi connectivity index (χ0n) is 18.7. The molecule has 0 bridgehead atoms. The highest BCUT2D eigenvalue weighted by Gasteiger charge is 2.13. The number of nitrogens with one attached hydrogen (secondary N) is 1. The van der Waals surface area contributed by atoms with Gasteiger partial charge in [0.25, 0.3) is 11.6 Å². The lowest BCUT2D eigenvalue weighted by Gasteiger charge is -2.09. The molecule has 1 heterocycles. The number of rotatable bonds is 7. The molecule has 1 amide bonds. The predicted octanol–water partition coefficient (Wildman–Crippen LogP) is 7.07. The number of benzene rings is 4. The Bertz CT molecular complexity index is 1650. The van der Waals surface area contributed by atoms with Crippen LogP contribution in [0, 0.1) is 10.1 Å². The number of thiophene rings is 1. The number of carbonyl (C=O) groups is 1. The van der Waals surface area contributed by atoms with Gasteiger partial charge in [0, 0.05) is 22.2 Å². The number of halogens is 1. The molecule has 1 aromatic heterocycles. The van der Waals surface area contributed by atoms with Crippen LogP contribution in [-0.2, 0) is 6.61 Å². The van der Waals surface area contributed by atoms with Crippen LogP contribution >= 0.6 is 27.3 Å². The first-order chi connectivity index (χ1) is 17.5. The van der Waals surface area contributed by atoms with Crippen molar-refractivity contribution in [1.82, 2.24) is 5.43 Å². The van der Waals surface area contributed by atoms with Gasteiger partial charge in [-0.1, -0.05) is 36.4 Å². The summed E-state index contributed by atoms with van der Waals surface area (Å²) in [7, 11) is 0. The number of fused-ring (bicyclic) bond motifs is 2. The number of amides is 1. The maximum Gasteiger partial charge on any atom is 0.281 e. The van der Waals surface area contributed by atoms with E-state index >= 15 is 0 Å². The largest absolute Gasteiger partial charge is 0.488 e. The third-order valence-electron chi connectivity index (χ3n) is 5.48. The summed E-state index contributed by atoms with van der Waals surface area (Å²) in [4.78, 5) is 23.4. The van der Waals surface area contributed by atoms with Crippen LogP contribution in [0.5, 0.6) is 5.75 Å². The van der Waals surface area contributed by atoms with E-state index in [1.807, 2.05) is 30.3 Å². The summed E-state index contributed by atoms with van der Waals surface area (Å²) in [5.74, 6) is 0.313. The Labute approximate surface area is 218 Å². The average Bonchev–Trinajstić information content (AvgIpc) is 3.32. The fourth-order valence-electron chi connectivity index (χ4n) is 3.68. The van der Waals surface area contributed by atoms with Crippen molar-refractivity contribution in [2.75, 3.05) is 0 Å². The van der Waals surface area contributed by atoms with Gasteiger partial charge in [-0.3, -0.25) is 14.9 Å². The molecule has 0 aliphatic heterocycles. The van der Waals surface area contributed by atoms with Gasteiger partial charge >= 0.3 is 0 Å². The van der Waals surface area contributed by atoms with Crippen molar-refractivity contribution in [2.45, 2.75) is 6.61 Å². The van der Waals surface area contributed by atoms with E-state index in [0.717, 1.165) is 20.3 Å². The van der Waals surface area contributed by atoms with E-state index in [1.165, 1.54) is 40.5 Å². The van der Waals surface area contributed by atoms with Crippen molar-refractivity contribution in [3.8, 4) is 5.75 Å². The second-order valence-electron chi connectivity index (χ2n) is 7.95. The van der Waals surface area contributed by atoms with E-state index in [9.17, 15) is 14.9 Å². The molecule has 0 spiro atoms. The molecule has 0 fully saturated rings. The van der Waals surface area contributed by atoms with Gasteiger partial charge in [0.1, 0.15) is 12.4 Å². The molecule has 9 heteroatoms. The Morgan fingerprint density at radius 3 is 2.64 bits per heavy atom. The van der Waals surface area contributed by atoms with Crippen LogP contribution in [-0.4, -0.2) is 17.0 Å². The minimum atomic E-state index is -0.459. The van der Waals surface area contributed by atoms with Crippen molar-refractivity contribution < 1.29 is 14.5 Å². The van der Waals surface area contributed by atoms with Gasteiger partial charge < -0.3 is 4.74 Å². The fourth-order valence-corrected chi connectivity index (χ4v) is 5.12. The number of carbonyl (C=O) groups excluding carboxylic acids is 1. The Morgan fingerprint density at radius 1 is 1.00 bits per heavy atom. The molecule has 36 heavy (non-hydrogen) atoms. The monoisotopic (exact) mass is 559 g/mol. The normalized spacial score (nSPS) is 11.2. The lowest BCUT2D eigenvalue weighted by atomic mass is 10.1. The van der Waals surface area contributed by atoms with Crippen LogP contribution in [0.4, 0.5) is 5.69 Å². The number of ether oxygens (including phenoxy) is 1. The molecule has 0 unspecified atom stereocenters. The number of non-ortho nitro benzene ring substituents is 1. The Morgan fingerprint density at radius 2 is 1.83 bits per heavy atom. The minimum Gasteiger partial charge on any atom is -0.488 e. The summed E-state index contributed by atoms with van der Waals surface area (Å²) < 4.78 is 7.54. The molecule has 5 aromatic rings. The van der Waals surface area contributed by atoms with E-state index in [0.29, 0.717) is 22.6 Å². The molecule has 0 radical (unpaired) electrons. The van der Waals surface area contributed by atoms with Crippen LogP contribution < -0.4 is 10.2 Å². The summed E-state index contributed by atoms with van der Waals surface area (Å²) in [6.45, 7) is 0.436. The van der Waals surface area contributed by atoms with Crippen LogP contribution in [0.1, 0.15) is 20.8 Å². The molecule has 4 aromatic carbocycles. The molecule has 0 saturated carbocycles. The van der Waals surface area contributed by atoms with Crippen molar-refractivity contribution in [1.29, 1.82) is 0 Å². The minimum absolute atomic E-state index is 0.0134. The van der Waals surface area contributed by atoms with Gasteiger partial charge in [-0.15, -0.1) is 11.3 Å². The summed E-state index contributed by atoms with van der Waals surface area (Å²) >= 11 is 4.78. The highest BCUT2D eigenvalue weighted by molar-refractivity contribution is 9.10.